The number of aryl methyl sites for hydroxylation is 3. The molecule has 5 heteroatoms. The van der Waals surface area contributed by atoms with E-state index in [0.29, 0.717) is 5.69 Å². The molecule has 0 aliphatic carbocycles. The van der Waals surface area contributed by atoms with Crippen LogP contribution in [0, 0.1) is 20.8 Å². The monoisotopic (exact) mass is 285 g/mol. The molecule has 0 amide bonds. The number of nitrogens with one attached hydrogen (secondary N) is 1. The van der Waals surface area contributed by atoms with E-state index in [0.717, 1.165) is 21.6 Å². The molecule has 0 aliphatic rings. The number of thiophene rings is 1. The quantitative estimate of drug-likeness (QED) is 0.697. The lowest BCUT2D eigenvalue weighted by Gasteiger charge is -2.09. The standard InChI is InChI=1S/C15H15N3OS/c1-8-4-5-12(19)11(6-8)18-14-13-9(2)10(3)20-15(13)17-7-16-14/h4-7,19H,1-3H3,(H,16,17,18). The van der Waals surface area contributed by atoms with Gasteiger partial charge in [-0.1, -0.05) is 6.07 Å². The van der Waals surface area contributed by atoms with Gasteiger partial charge in [0.05, 0.1) is 11.1 Å². The second kappa shape index (κ2) is 4.76. The number of benzene rings is 1. The van der Waals surface area contributed by atoms with Crippen LogP contribution in [0.3, 0.4) is 0 Å². The van der Waals surface area contributed by atoms with Crippen molar-refractivity contribution < 1.29 is 5.11 Å². The average Bonchev–Trinajstić information content (AvgIpc) is 2.71. The minimum atomic E-state index is 0.215. The number of hydrogen-bond donors (Lipinski definition) is 2. The zero-order valence-corrected chi connectivity index (χ0v) is 12.4. The second-order valence-corrected chi connectivity index (χ2v) is 6.03. The van der Waals surface area contributed by atoms with Crippen LogP contribution in [0.4, 0.5) is 11.5 Å². The summed E-state index contributed by atoms with van der Waals surface area (Å²) in [4.78, 5) is 10.8. The molecule has 0 aliphatic heterocycles. The fourth-order valence-corrected chi connectivity index (χ4v) is 3.15. The van der Waals surface area contributed by atoms with Crippen molar-refractivity contribution in [3.8, 4) is 5.75 Å². The summed E-state index contributed by atoms with van der Waals surface area (Å²) < 4.78 is 0. The molecule has 20 heavy (non-hydrogen) atoms. The molecule has 3 rings (SSSR count). The van der Waals surface area contributed by atoms with Gasteiger partial charge in [0.2, 0.25) is 0 Å². The van der Waals surface area contributed by atoms with Gasteiger partial charge in [0, 0.05) is 4.88 Å². The number of phenolic OH excluding ortho intramolecular Hbond substituents is 1. The van der Waals surface area contributed by atoms with Crippen molar-refractivity contribution in [3.05, 3.63) is 40.5 Å². The lowest BCUT2D eigenvalue weighted by molar-refractivity contribution is 0.477. The highest BCUT2D eigenvalue weighted by atomic mass is 32.1. The van der Waals surface area contributed by atoms with E-state index in [2.05, 4.69) is 29.1 Å². The molecule has 0 fully saturated rings. The van der Waals surface area contributed by atoms with Crippen LogP contribution >= 0.6 is 11.3 Å². The Morgan fingerprint density at radius 3 is 2.75 bits per heavy atom. The second-order valence-electron chi connectivity index (χ2n) is 4.83. The average molecular weight is 285 g/mol. The molecule has 0 bridgehead atoms. The molecule has 0 spiro atoms. The van der Waals surface area contributed by atoms with Crippen LogP contribution in [0.2, 0.25) is 0 Å². The first kappa shape index (κ1) is 12.9. The highest BCUT2D eigenvalue weighted by Gasteiger charge is 2.13. The summed E-state index contributed by atoms with van der Waals surface area (Å²) in [6.45, 7) is 6.13. The maximum atomic E-state index is 9.94. The molecule has 2 heterocycles. The van der Waals surface area contributed by atoms with Crippen LogP contribution in [-0.2, 0) is 0 Å². The van der Waals surface area contributed by atoms with Crippen LogP contribution < -0.4 is 5.32 Å². The highest BCUT2D eigenvalue weighted by Crippen LogP contribution is 2.35. The van der Waals surface area contributed by atoms with Crippen molar-refractivity contribution in [3.63, 3.8) is 0 Å². The van der Waals surface area contributed by atoms with E-state index in [1.807, 2.05) is 19.1 Å². The van der Waals surface area contributed by atoms with Gasteiger partial charge in [-0.2, -0.15) is 0 Å². The molecule has 1 aromatic carbocycles. The zero-order valence-electron chi connectivity index (χ0n) is 11.6. The van der Waals surface area contributed by atoms with Gasteiger partial charge in [0.1, 0.15) is 22.7 Å². The molecule has 0 saturated heterocycles. The van der Waals surface area contributed by atoms with E-state index in [1.54, 1.807) is 23.7 Å². The first-order valence-corrected chi connectivity index (χ1v) is 7.15. The highest BCUT2D eigenvalue weighted by molar-refractivity contribution is 7.18. The molecule has 0 saturated carbocycles. The molecule has 2 N–H and O–H groups in total. The normalized spacial score (nSPS) is 10.9. The Bertz CT molecular complexity index is 795. The number of nitrogens with zero attached hydrogens (tertiary/aromatic N) is 2. The molecule has 0 radical (unpaired) electrons. The number of hydrogen-bond acceptors (Lipinski definition) is 5. The van der Waals surface area contributed by atoms with Crippen LogP contribution in [0.5, 0.6) is 5.75 Å². The van der Waals surface area contributed by atoms with E-state index < -0.39 is 0 Å². The third kappa shape index (κ3) is 2.10. The Balaban J connectivity index is 2.13. The number of aromatic hydroxyl groups is 1. The van der Waals surface area contributed by atoms with E-state index in [1.165, 1.54) is 10.4 Å². The van der Waals surface area contributed by atoms with E-state index in [-0.39, 0.29) is 5.75 Å². The first-order chi connectivity index (χ1) is 9.56. The molecule has 4 nitrogen and oxygen atoms in total. The van der Waals surface area contributed by atoms with Crippen molar-refractivity contribution in [1.82, 2.24) is 9.97 Å². The fraction of sp³-hybridized carbons (Fsp3) is 0.200. The van der Waals surface area contributed by atoms with E-state index in [4.69, 9.17) is 0 Å². The third-order valence-electron chi connectivity index (χ3n) is 3.37. The van der Waals surface area contributed by atoms with Crippen molar-refractivity contribution in [2.45, 2.75) is 20.8 Å². The molecule has 3 aromatic rings. The molecule has 0 unspecified atom stereocenters. The van der Waals surface area contributed by atoms with Crippen LogP contribution in [-0.4, -0.2) is 15.1 Å². The summed E-state index contributed by atoms with van der Waals surface area (Å²) in [5.74, 6) is 0.949. The van der Waals surface area contributed by atoms with Gasteiger partial charge in [-0.25, -0.2) is 9.97 Å². The number of fused-ring (bicyclic) bond motifs is 1. The van der Waals surface area contributed by atoms with Gasteiger partial charge in [-0.15, -0.1) is 11.3 Å². The zero-order chi connectivity index (χ0) is 14.3. The van der Waals surface area contributed by atoms with E-state index >= 15 is 0 Å². The lowest BCUT2D eigenvalue weighted by atomic mass is 10.2. The Labute approximate surface area is 121 Å². The molecule has 2 aromatic heterocycles. The Hall–Kier alpha value is -2.14. The van der Waals surface area contributed by atoms with Crippen molar-refractivity contribution in [2.75, 3.05) is 5.32 Å². The SMILES string of the molecule is Cc1ccc(O)c(Nc2ncnc3sc(C)c(C)c23)c1. The predicted molar refractivity (Wildman–Crippen MR) is 83.0 cm³/mol. The molecular weight excluding hydrogens is 270 g/mol. The lowest BCUT2D eigenvalue weighted by Crippen LogP contribution is -1.96. The summed E-state index contributed by atoms with van der Waals surface area (Å²) in [6.07, 6.45) is 1.55. The predicted octanol–water partition coefficient (Wildman–Crippen LogP) is 4.07. The summed E-state index contributed by atoms with van der Waals surface area (Å²) in [5, 5.41) is 14.2. The summed E-state index contributed by atoms with van der Waals surface area (Å²) in [7, 11) is 0. The number of aromatic nitrogens is 2. The van der Waals surface area contributed by atoms with Crippen molar-refractivity contribution >= 4 is 33.1 Å². The minimum Gasteiger partial charge on any atom is -0.506 e. The number of anilines is 2. The first-order valence-electron chi connectivity index (χ1n) is 6.33. The minimum absolute atomic E-state index is 0.215. The smallest absolute Gasteiger partial charge is 0.142 e. The fourth-order valence-electron chi connectivity index (χ4n) is 2.15. The van der Waals surface area contributed by atoms with Gasteiger partial charge in [0.15, 0.2) is 0 Å². The molecular formula is C15H15N3OS. The summed E-state index contributed by atoms with van der Waals surface area (Å²) in [5.41, 5.74) is 2.92. The van der Waals surface area contributed by atoms with Crippen LogP contribution in [0.1, 0.15) is 16.0 Å². The van der Waals surface area contributed by atoms with Gasteiger partial charge in [-0.05, 0) is 44.0 Å². The van der Waals surface area contributed by atoms with E-state index in [9.17, 15) is 5.11 Å². The third-order valence-corrected chi connectivity index (χ3v) is 4.49. The van der Waals surface area contributed by atoms with Gasteiger partial charge in [-0.3, -0.25) is 0 Å². The van der Waals surface area contributed by atoms with Crippen molar-refractivity contribution in [2.24, 2.45) is 0 Å². The van der Waals surface area contributed by atoms with Crippen molar-refractivity contribution in [1.29, 1.82) is 0 Å². The topological polar surface area (TPSA) is 58.0 Å². The largest absolute Gasteiger partial charge is 0.506 e. The van der Waals surface area contributed by atoms with Crippen LogP contribution in [0.15, 0.2) is 24.5 Å². The van der Waals surface area contributed by atoms with Gasteiger partial charge in [0.25, 0.3) is 0 Å². The molecule has 0 atom stereocenters. The Morgan fingerprint density at radius 2 is 1.95 bits per heavy atom. The summed E-state index contributed by atoms with van der Waals surface area (Å²) >= 11 is 1.66. The number of rotatable bonds is 2. The van der Waals surface area contributed by atoms with Gasteiger partial charge >= 0.3 is 0 Å². The summed E-state index contributed by atoms with van der Waals surface area (Å²) in [6, 6.07) is 5.45. The number of phenols is 1. The molecule has 102 valence electrons. The maximum absolute atomic E-state index is 9.94. The van der Waals surface area contributed by atoms with Gasteiger partial charge < -0.3 is 10.4 Å². The Kier molecular flexibility index (Phi) is 3.06. The van der Waals surface area contributed by atoms with Crippen LogP contribution in [0.25, 0.3) is 10.2 Å². The maximum Gasteiger partial charge on any atom is 0.142 e. The Morgan fingerprint density at radius 1 is 1.15 bits per heavy atom.